The van der Waals surface area contributed by atoms with Crippen molar-refractivity contribution in [2.75, 3.05) is 0 Å². The van der Waals surface area contributed by atoms with Gasteiger partial charge < -0.3 is 0 Å². The minimum Gasteiger partial charge on any atom is -0.264 e. The van der Waals surface area contributed by atoms with Crippen molar-refractivity contribution in [3.05, 3.63) is 494 Å². The van der Waals surface area contributed by atoms with Crippen molar-refractivity contribution >= 4 is 0 Å². The molecule has 0 fully saturated rings. The van der Waals surface area contributed by atoms with E-state index in [1.54, 1.807) is 12.4 Å². The fourth-order valence-electron chi connectivity index (χ4n) is 18.6. The highest BCUT2D eigenvalue weighted by molar-refractivity contribution is 5.97. The van der Waals surface area contributed by atoms with Crippen molar-refractivity contribution in [2.24, 2.45) is 0 Å². The molecule has 0 saturated carbocycles. The molecule has 4 heterocycles. The summed E-state index contributed by atoms with van der Waals surface area (Å²) in [5.74, 6) is 3.79. The van der Waals surface area contributed by atoms with Crippen molar-refractivity contribution in [1.29, 1.82) is 0 Å². The van der Waals surface area contributed by atoms with Gasteiger partial charge in [-0.3, -0.25) is 9.97 Å². The van der Waals surface area contributed by atoms with E-state index in [9.17, 15) is 0 Å². The van der Waals surface area contributed by atoms with Crippen LogP contribution >= 0.6 is 0 Å². The van der Waals surface area contributed by atoms with Crippen molar-refractivity contribution in [3.63, 3.8) is 0 Å². The largest absolute Gasteiger partial charge is 0.264 e. The van der Waals surface area contributed by atoms with Crippen molar-refractivity contribution in [2.45, 2.75) is 10.8 Å². The Balaban J connectivity index is 0.000000146. The molecule has 8 nitrogen and oxygen atoms in total. The van der Waals surface area contributed by atoms with Gasteiger partial charge in [-0.2, -0.15) is 0 Å². The summed E-state index contributed by atoms with van der Waals surface area (Å²) in [5.41, 5.74) is 36.9. The molecule has 23 rings (SSSR count). The summed E-state index contributed by atoms with van der Waals surface area (Å²) < 4.78 is 0. The second kappa shape index (κ2) is 30.7. The number of hydrogen-bond acceptors (Lipinski definition) is 8. The molecule has 0 N–H and O–H groups in total. The lowest BCUT2D eigenvalue weighted by molar-refractivity contribution is 0.768. The third kappa shape index (κ3) is 12.7. The van der Waals surface area contributed by atoms with Gasteiger partial charge in [0.2, 0.25) is 0 Å². The molecule has 3 aliphatic carbocycles. The summed E-state index contributed by atoms with van der Waals surface area (Å²) in [6.45, 7) is 0. The maximum atomic E-state index is 5.00. The van der Waals surface area contributed by atoms with Crippen LogP contribution in [-0.2, 0) is 10.8 Å². The molecule has 0 saturated heterocycles. The molecule has 0 amide bonds. The highest BCUT2D eigenvalue weighted by Gasteiger charge is 2.52. The summed E-state index contributed by atoms with van der Waals surface area (Å²) in [5, 5.41) is 0. The maximum absolute atomic E-state index is 5.00. The van der Waals surface area contributed by atoms with E-state index < -0.39 is 5.41 Å². The van der Waals surface area contributed by atoms with Gasteiger partial charge in [0, 0.05) is 58.2 Å². The van der Waals surface area contributed by atoms with E-state index in [0.29, 0.717) is 34.9 Å². The number of rotatable bonds is 14. The summed E-state index contributed by atoms with van der Waals surface area (Å²) in [6, 6.07) is 151. The number of aromatic nitrogens is 8. The molecule has 0 radical (unpaired) electrons. The van der Waals surface area contributed by atoms with Crippen molar-refractivity contribution < 1.29 is 0 Å². The molecule has 1 spiro atoms. The van der Waals surface area contributed by atoms with Crippen LogP contribution in [0.25, 0.3) is 168 Å². The zero-order chi connectivity index (χ0) is 80.9. The zero-order valence-corrected chi connectivity index (χ0v) is 66.3. The number of hydrogen-bond donors (Lipinski definition) is 0. The minimum absolute atomic E-state index is 0.327. The van der Waals surface area contributed by atoms with Crippen LogP contribution in [0.4, 0.5) is 0 Å². The van der Waals surface area contributed by atoms with Crippen molar-refractivity contribution in [3.8, 4) is 168 Å². The molecule has 3 aliphatic rings. The van der Waals surface area contributed by atoms with Crippen LogP contribution in [0.5, 0.6) is 0 Å². The summed E-state index contributed by atoms with van der Waals surface area (Å²) in [6.07, 6.45) is 7.32. The van der Waals surface area contributed by atoms with Gasteiger partial charge in [-0.05, 0) is 169 Å². The fraction of sp³-hybridized carbons (Fsp3) is 0.0175. The van der Waals surface area contributed by atoms with Gasteiger partial charge >= 0.3 is 0 Å². The third-order valence-corrected chi connectivity index (χ3v) is 24.5. The molecule has 0 atom stereocenters. The summed E-state index contributed by atoms with van der Waals surface area (Å²) in [4.78, 5) is 38.3. The lowest BCUT2D eigenvalue weighted by Gasteiger charge is -2.33. The molecular formula is C114H74N8. The van der Waals surface area contributed by atoms with Gasteiger partial charge in [0.1, 0.15) is 0 Å². The predicted octanol–water partition coefficient (Wildman–Crippen LogP) is 27.2. The molecule has 8 heteroatoms. The van der Waals surface area contributed by atoms with Crippen LogP contribution < -0.4 is 0 Å². The normalized spacial score (nSPS) is 12.6. The standard InChI is InChI=1S/C57H36N4.C57H38N4/c1-2-11-41(12-3-1)54-59-55(61-56(60-54)43-30-26-40(27-31-43)45-13-10-34-58-36-45)42-28-24-38(25-29-42)37-20-22-39(23-21-37)44-32-33-53-49(35-44)48-16-6-9-19-52(48)57(53)50-17-7-4-14-46(50)47-15-5-8-18-51(47)57;1-4-13-43(14-5-1)54-59-55(61-56(60-54)45-32-28-42(29-33-45)47-15-12-36-58-38-47)44-30-26-40(27-31-44)39-22-24-41(25-23-39)46-34-35-53-51(37-46)50-20-10-11-21-52(50)57(53,48-16-6-2-7-17-48)49-18-8-3-9-19-49/h1-36H;1-38H. The van der Waals surface area contributed by atoms with Gasteiger partial charge in [-0.15, -0.1) is 0 Å². The molecule has 0 aliphatic heterocycles. The van der Waals surface area contributed by atoms with Crippen LogP contribution in [0.2, 0.25) is 0 Å². The van der Waals surface area contributed by atoms with Crippen LogP contribution in [0.1, 0.15) is 44.5 Å². The number of fused-ring (bicyclic) bond motifs is 13. The van der Waals surface area contributed by atoms with E-state index in [0.717, 1.165) is 77.9 Å². The molecule has 4 aromatic heterocycles. The van der Waals surface area contributed by atoms with Gasteiger partial charge in [-0.1, -0.05) is 400 Å². The van der Waals surface area contributed by atoms with E-state index in [4.69, 9.17) is 29.9 Å². The first-order valence-corrected chi connectivity index (χ1v) is 41.3. The topological polar surface area (TPSA) is 103 Å². The monoisotopic (exact) mass is 1550 g/mol. The number of benzene rings is 16. The third-order valence-electron chi connectivity index (χ3n) is 24.5. The Morgan fingerprint density at radius 2 is 0.344 bits per heavy atom. The van der Waals surface area contributed by atoms with Gasteiger partial charge in [0.25, 0.3) is 0 Å². The van der Waals surface area contributed by atoms with Crippen LogP contribution in [0.15, 0.2) is 449 Å². The fourth-order valence-corrected chi connectivity index (χ4v) is 18.6. The first-order valence-electron chi connectivity index (χ1n) is 41.3. The number of nitrogens with zero attached hydrogens (tertiary/aromatic N) is 8. The molecule has 16 aromatic carbocycles. The molecule has 0 unspecified atom stereocenters. The van der Waals surface area contributed by atoms with Crippen LogP contribution in [0, 0.1) is 0 Å². The van der Waals surface area contributed by atoms with Gasteiger partial charge in [0.05, 0.1) is 10.8 Å². The smallest absolute Gasteiger partial charge is 0.164 e. The first-order chi connectivity index (χ1) is 60.4. The average molecular weight is 1560 g/mol. The highest BCUT2D eigenvalue weighted by atomic mass is 15.0. The lowest BCUT2D eigenvalue weighted by atomic mass is 9.67. The molecule has 122 heavy (non-hydrogen) atoms. The Morgan fingerprint density at radius 3 is 0.639 bits per heavy atom. The average Bonchev–Trinajstić information content (AvgIpc) is 1.67. The van der Waals surface area contributed by atoms with E-state index in [1.165, 1.54) is 100 Å². The SMILES string of the molecule is c1ccc(-c2nc(-c3ccc(-c4ccc(-c5ccc6c(c5)-c5ccccc5C6(c5ccccc5)c5ccccc5)cc4)cc3)nc(-c3ccc(-c4cccnc4)cc3)n2)cc1.c1ccc(-c2nc(-c3ccc(-c4ccc(-c5ccc6c(c5)-c5ccccc5C65c6ccccc6-c6ccccc65)cc4)cc3)nc(-c3ccc(-c4cccnc4)cc3)n2)cc1. The Labute approximate surface area is 708 Å². The summed E-state index contributed by atoms with van der Waals surface area (Å²) >= 11 is 0. The Morgan fingerprint density at radius 1 is 0.139 bits per heavy atom. The van der Waals surface area contributed by atoms with Crippen LogP contribution in [0.3, 0.4) is 0 Å². The molecule has 0 bridgehead atoms. The maximum Gasteiger partial charge on any atom is 0.164 e. The van der Waals surface area contributed by atoms with Crippen molar-refractivity contribution in [1.82, 2.24) is 39.9 Å². The van der Waals surface area contributed by atoms with E-state index in [2.05, 4.69) is 362 Å². The second-order valence-electron chi connectivity index (χ2n) is 31.2. The highest BCUT2D eigenvalue weighted by Crippen LogP contribution is 2.63. The Kier molecular flexibility index (Phi) is 18.2. The first kappa shape index (κ1) is 72.3. The van der Waals surface area contributed by atoms with E-state index in [-0.39, 0.29) is 5.41 Å². The van der Waals surface area contributed by atoms with Gasteiger partial charge in [-0.25, -0.2) is 29.9 Å². The molecule has 20 aromatic rings. The lowest BCUT2D eigenvalue weighted by Crippen LogP contribution is -2.28. The van der Waals surface area contributed by atoms with Crippen LogP contribution in [-0.4, -0.2) is 39.9 Å². The predicted molar refractivity (Wildman–Crippen MR) is 494 cm³/mol. The van der Waals surface area contributed by atoms with Gasteiger partial charge in [0.15, 0.2) is 34.9 Å². The zero-order valence-electron chi connectivity index (χ0n) is 66.3. The van der Waals surface area contributed by atoms with E-state index in [1.807, 2.05) is 85.2 Å². The number of pyridine rings is 2. The molecular weight excluding hydrogens is 1480 g/mol. The minimum atomic E-state index is -0.402. The molecule has 570 valence electrons. The van der Waals surface area contributed by atoms with E-state index >= 15 is 0 Å². The quantitative estimate of drug-likeness (QED) is 0.106. The Hall–Kier alpha value is -16.2. The Bertz CT molecular complexity index is 6840. The second-order valence-corrected chi connectivity index (χ2v) is 31.2. The summed E-state index contributed by atoms with van der Waals surface area (Å²) in [7, 11) is 0.